The van der Waals surface area contributed by atoms with E-state index >= 15 is 0 Å². The van der Waals surface area contributed by atoms with Crippen molar-refractivity contribution < 1.29 is 19.1 Å². The second-order valence-corrected chi connectivity index (χ2v) is 6.60. The number of urea groups is 1. The van der Waals surface area contributed by atoms with E-state index in [0.717, 1.165) is 19.3 Å². The largest absolute Gasteiger partial charge is 0.466 e. The Bertz CT molecular complexity index is 368. The zero-order chi connectivity index (χ0) is 17.8. The first-order chi connectivity index (χ1) is 11.5. The van der Waals surface area contributed by atoms with Crippen molar-refractivity contribution in [1.29, 1.82) is 0 Å². The molecular formula is C18H34N2O4. The third kappa shape index (κ3) is 9.11. The van der Waals surface area contributed by atoms with E-state index in [-0.39, 0.29) is 30.6 Å². The van der Waals surface area contributed by atoms with E-state index < -0.39 is 0 Å². The molecule has 1 aliphatic carbocycles. The molecule has 24 heavy (non-hydrogen) atoms. The monoisotopic (exact) mass is 342 g/mol. The Hall–Kier alpha value is -1.30. The summed E-state index contributed by atoms with van der Waals surface area (Å²) in [5.74, 6) is -0.258. The molecule has 1 N–H and O–H groups in total. The minimum atomic E-state index is -0.258. The van der Waals surface area contributed by atoms with Gasteiger partial charge in [-0.15, -0.1) is 0 Å². The van der Waals surface area contributed by atoms with E-state index in [0.29, 0.717) is 26.3 Å². The highest BCUT2D eigenvalue weighted by Gasteiger charge is 2.20. The molecule has 0 radical (unpaired) electrons. The first-order valence-corrected chi connectivity index (χ1v) is 9.35. The predicted octanol–water partition coefficient (Wildman–Crippen LogP) is 3.10. The Labute approximate surface area is 146 Å². The van der Waals surface area contributed by atoms with E-state index in [4.69, 9.17) is 9.47 Å². The molecule has 0 bridgehead atoms. The highest BCUT2D eigenvalue weighted by Crippen LogP contribution is 2.17. The molecule has 140 valence electrons. The lowest BCUT2D eigenvalue weighted by molar-refractivity contribution is -0.143. The Balaban J connectivity index is 2.44. The fraction of sp³-hybridized carbons (Fsp3) is 0.889. The van der Waals surface area contributed by atoms with Crippen LogP contribution in [0, 0.1) is 0 Å². The molecule has 1 saturated carbocycles. The molecule has 6 heteroatoms. The zero-order valence-corrected chi connectivity index (χ0v) is 15.5. The maximum Gasteiger partial charge on any atom is 0.317 e. The van der Waals surface area contributed by atoms with Gasteiger partial charge in [-0.25, -0.2) is 4.79 Å². The van der Waals surface area contributed by atoms with Crippen LogP contribution in [0.3, 0.4) is 0 Å². The molecule has 0 saturated heterocycles. The van der Waals surface area contributed by atoms with Gasteiger partial charge in [-0.05, 0) is 40.0 Å². The summed E-state index contributed by atoms with van der Waals surface area (Å²) in [5.41, 5.74) is 0. The second-order valence-electron chi connectivity index (χ2n) is 6.60. The third-order valence-corrected chi connectivity index (χ3v) is 4.13. The number of amides is 2. The number of esters is 1. The summed E-state index contributed by atoms with van der Waals surface area (Å²) in [6.45, 7) is 7.74. The minimum Gasteiger partial charge on any atom is -0.466 e. The normalized spacial score (nSPS) is 15.3. The first kappa shape index (κ1) is 20.7. The summed E-state index contributed by atoms with van der Waals surface area (Å²) in [5, 5.41) is 3.12. The molecular weight excluding hydrogens is 308 g/mol. The van der Waals surface area contributed by atoms with Crippen molar-refractivity contribution in [3.8, 4) is 0 Å². The second kappa shape index (κ2) is 12.1. The molecule has 1 rings (SSSR count). The molecule has 0 aromatic heterocycles. The third-order valence-electron chi connectivity index (χ3n) is 4.13. The van der Waals surface area contributed by atoms with Gasteiger partial charge in [-0.3, -0.25) is 4.79 Å². The highest BCUT2D eigenvalue weighted by atomic mass is 16.5. The molecule has 0 heterocycles. The van der Waals surface area contributed by atoms with Crippen LogP contribution >= 0.6 is 0 Å². The van der Waals surface area contributed by atoms with Gasteiger partial charge in [0.1, 0.15) is 0 Å². The number of carbonyl (C=O) groups is 2. The number of carbonyl (C=O) groups excluding carboxylic acids is 2. The van der Waals surface area contributed by atoms with E-state index in [1.165, 1.54) is 19.3 Å². The van der Waals surface area contributed by atoms with Crippen LogP contribution in [0.4, 0.5) is 4.79 Å². The van der Waals surface area contributed by atoms with Gasteiger partial charge in [0.25, 0.3) is 0 Å². The lowest BCUT2D eigenvalue weighted by Gasteiger charge is -2.28. The number of rotatable bonds is 10. The Morgan fingerprint density at radius 1 is 1.17 bits per heavy atom. The maximum atomic E-state index is 12.5. The van der Waals surface area contributed by atoms with Crippen LogP contribution in [0.15, 0.2) is 0 Å². The van der Waals surface area contributed by atoms with Crippen molar-refractivity contribution in [3.63, 3.8) is 0 Å². The fourth-order valence-corrected chi connectivity index (χ4v) is 2.86. The van der Waals surface area contributed by atoms with Gasteiger partial charge in [0.2, 0.25) is 0 Å². The number of hydrogen-bond acceptors (Lipinski definition) is 4. The molecule has 6 nitrogen and oxygen atoms in total. The van der Waals surface area contributed by atoms with Crippen molar-refractivity contribution in [3.05, 3.63) is 0 Å². The van der Waals surface area contributed by atoms with Crippen LogP contribution in [-0.4, -0.2) is 55.3 Å². The molecule has 0 aliphatic heterocycles. The Morgan fingerprint density at radius 3 is 2.50 bits per heavy atom. The quantitative estimate of drug-likeness (QED) is 0.489. The van der Waals surface area contributed by atoms with Gasteiger partial charge in [0.05, 0.1) is 19.1 Å². The van der Waals surface area contributed by atoms with Crippen LogP contribution < -0.4 is 5.32 Å². The van der Waals surface area contributed by atoms with E-state index in [1.54, 1.807) is 11.8 Å². The van der Waals surface area contributed by atoms with E-state index in [1.807, 2.05) is 13.8 Å². The van der Waals surface area contributed by atoms with Crippen molar-refractivity contribution in [2.24, 2.45) is 0 Å². The number of ether oxygens (including phenoxy) is 2. The Morgan fingerprint density at radius 2 is 1.88 bits per heavy atom. The van der Waals surface area contributed by atoms with Gasteiger partial charge in [0.15, 0.2) is 0 Å². The van der Waals surface area contributed by atoms with Gasteiger partial charge < -0.3 is 19.7 Å². The molecule has 0 aromatic rings. The highest BCUT2D eigenvalue weighted by molar-refractivity contribution is 5.76. The average Bonchev–Trinajstić information content (AvgIpc) is 2.55. The summed E-state index contributed by atoms with van der Waals surface area (Å²) in [7, 11) is 0. The van der Waals surface area contributed by atoms with Gasteiger partial charge in [0, 0.05) is 25.7 Å². The van der Waals surface area contributed by atoms with Crippen molar-refractivity contribution in [1.82, 2.24) is 10.2 Å². The molecule has 0 unspecified atom stereocenters. The Kier molecular flexibility index (Phi) is 10.5. The van der Waals surface area contributed by atoms with Gasteiger partial charge in [-0.1, -0.05) is 19.3 Å². The van der Waals surface area contributed by atoms with Crippen molar-refractivity contribution >= 4 is 12.0 Å². The van der Waals surface area contributed by atoms with Gasteiger partial charge >= 0.3 is 12.0 Å². The standard InChI is InChI=1S/C18H34N2O4/c1-4-23-17(21)11-13-20(12-8-14-24-15(2)3)18(22)19-16-9-6-5-7-10-16/h15-16H,4-14H2,1-3H3,(H,19,22). The molecule has 0 atom stereocenters. The van der Waals surface area contributed by atoms with Crippen molar-refractivity contribution in [2.45, 2.75) is 77.9 Å². The van der Waals surface area contributed by atoms with Crippen LogP contribution in [0.2, 0.25) is 0 Å². The smallest absolute Gasteiger partial charge is 0.317 e. The zero-order valence-electron chi connectivity index (χ0n) is 15.5. The van der Waals surface area contributed by atoms with Crippen LogP contribution in [0.5, 0.6) is 0 Å². The molecule has 0 spiro atoms. The first-order valence-electron chi connectivity index (χ1n) is 9.35. The lowest BCUT2D eigenvalue weighted by atomic mass is 9.96. The average molecular weight is 342 g/mol. The summed E-state index contributed by atoms with van der Waals surface area (Å²) < 4.78 is 10.5. The number of nitrogens with zero attached hydrogens (tertiary/aromatic N) is 1. The summed E-state index contributed by atoms with van der Waals surface area (Å²) in [6, 6.07) is 0.194. The molecule has 1 aliphatic rings. The lowest BCUT2D eigenvalue weighted by Crippen LogP contribution is -2.46. The van der Waals surface area contributed by atoms with E-state index in [9.17, 15) is 9.59 Å². The molecule has 0 aromatic carbocycles. The molecule has 1 fully saturated rings. The predicted molar refractivity (Wildman–Crippen MR) is 93.9 cm³/mol. The summed E-state index contributed by atoms with van der Waals surface area (Å²) in [6.07, 6.45) is 6.89. The topological polar surface area (TPSA) is 67.9 Å². The SMILES string of the molecule is CCOC(=O)CCN(CCCOC(C)C)C(=O)NC1CCCCC1. The maximum absolute atomic E-state index is 12.5. The minimum absolute atomic E-state index is 0.0734. The van der Waals surface area contributed by atoms with Crippen molar-refractivity contribution in [2.75, 3.05) is 26.3 Å². The van der Waals surface area contributed by atoms with Crippen LogP contribution in [0.1, 0.15) is 65.7 Å². The number of hydrogen-bond donors (Lipinski definition) is 1. The fourth-order valence-electron chi connectivity index (χ4n) is 2.86. The van der Waals surface area contributed by atoms with Gasteiger partial charge in [-0.2, -0.15) is 0 Å². The summed E-state index contributed by atoms with van der Waals surface area (Å²) >= 11 is 0. The molecule has 2 amide bonds. The van der Waals surface area contributed by atoms with E-state index in [2.05, 4.69) is 5.32 Å². The van der Waals surface area contributed by atoms with Crippen LogP contribution in [-0.2, 0) is 14.3 Å². The van der Waals surface area contributed by atoms with Crippen LogP contribution in [0.25, 0.3) is 0 Å². The summed E-state index contributed by atoms with van der Waals surface area (Å²) in [4.78, 5) is 25.8. The number of nitrogens with one attached hydrogen (secondary N) is 1.